The van der Waals surface area contributed by atoms with Crippen molar-refractivity contribution in [1.82, 2.24) is 5.32 Å². The average Bonchev–Trinajstić information content (AvgIpc) is 2.68. The lowest BCUT2D eigenvalue weighted by molar-refractivity contribution is 0.0939. The van der Waals surface area contributed by atoms with Gasteiger partial charge in [0.15, 0.2) is 0 Å². The van der Waals surface area contributed by atoms with Crippen LogP contribution in [0.25, 0.3) is 11.1 Å². The van der Waals surface area contributed by atoms with Crippen molar-refractivity contribution < 1.29 is 13.2 Å². The molecule has 5 nitrogen and oxygen atoms in total. The molecule has 144 valence electrons. The quantitative estimate of drug-likeness (QED) is 0.690. The van der Waals surface area contributed by atoms with E-state index in [1.54, 1.807) is 13.0 Å². The predicted octanol–water partition coefficient (Wildman–Crippen LogP) is 3.80. The molecule has 0 aromatic heterocycles. The number of sulfonamides is 1. The van der Waals surface area contributed by atoms with Crippen molar-refractivity contribution in [1.29, 1.82) is 0 Å². The molecule has 0 spiro atoms. The number of rotatable bonds is 5. The molecule has 3 rings (SSSR count). The van der Waals surface area contributed by atoms with E-state index in [1.165, 1.54) is 12.1 Å². The number of hydrogen-bond donors (Lipinski definition) is 2. The molecule has 0 aliphatic heterocycles. The molecule has 6 heteroatoms. The maximum atomic E-state index is 12.7. The Morgan fingerprint density at radius 3 is 2.14 bits per heavy atom. The van der Waals surface area contributed by atoms with Crippen molar-refractivity contribution in [3.05, 3.63) is 89.5 Å². The van der Waals surface area contributed by atoms with E-state index in [0.29, 0.717) is 11.1 Å². The van der Waals surface area contributed by atoms with Crippen molar-refractivity contribution in [2.24, 2.45) is 5.14 Å². The van der Waals surface area contributed by atoms with Gasteiger partial charge in [-0.15, -0.1) is 0 Å². The summed E-state index contributed by atoms with van der Waals surface area (Å²) in [6.45, 7) is 3.63. The Labute approximate surface area is 165 Å². The molecule has 0 bridgehead atoms. The molecule has 3 aromatic rings. The van der Waals surface area contributed by atoms with Crippen LogP contribution >= 0.6 is 0 Å². The number of nitrogens with two attached hydrogens (primary N) is 1. The fourth-order valence-corrected chi connectivity index (χ4v) is 3.52. The molecule has 1 atom stereocenters. The largest absolute Gasteiger partial charge is 0.346 e. The second-order valence-corrected chi connectivity index (χ2v) is 8.27. The number of primary sulfonamides is 1. The highest BCUT2D eigenvalue weighted by Crippen LogP contribution is 2.22. The zero-order valence-corrected chi connectivity index (χ0v) is 16.5. The van der Waals surface area contributed by atoms with Gasteiger partial charge in [-0.25, -0.2) is 13.6 Å². The molecule has 3 N–H and O–H groups in total. The van der Waals surface area contributed by atoms with E-state index in [2.05, 4.69) is 5.32 Å². The van der Waals surface area contributed by atoms with Crippen LogP contribution in [-0.4, -0.2) is 14.3 Å². The maximum absolute atomic E-state index is 12.7. The Balaban J connectivity index is 1.78. The minimum absolute atomic E-state index is 0.0804. The highest BCUT2D eigenvalue weighted by Gasteiger charge is 2.17. The fourth-order valence-electron chi connectivity index (χ4n) is 2.98. The van der Waals surface area contributed by atoms with E-state index in [9.17, 15) is 13.2 Å². The topological polar surface area (TPSA) is 89.3 Å². The molecule has 1 unspecified atom stereocenters. The Bertz CT molecular complexity index is 1090. The summed E-state index contributed by atoms with van der Waals surface area (Å²) in [6.07, 6.45) is 0. The summed E-state index contributed by atoms with van der Waals surface area (Å²) < 4.78 is 23.1. The number of amides is 1. The molecule has 3 aromatic carbocycles. The average molecular weight is 394 g/mol. The molecule has 0 heterocycles. The maximum Gasteiger partial charge on any atom is 0.252 e. The fraction of sp³-hybridized carbons (Fsp3) is 0.136. The number of carbonyl (C=O) groups is 1. The third kappa shape index (κ3) is 4.47. The summed E-state index contributed by atoms with van der Waals surface area (Å²) in [5, 5.41) is 8.09. The first kappa shape index (κ1) is 19.8. The van der Waals surface area contributed by atoms with Crippen molar-refractivity contribution in [2.75, 3.05) is 0 Å². The van der Waals surface area contributed by atoms with Gasteiger partial charge in [0.25, 0.3) is 5.91 Å². The van der Waals surface area contributed by atoms with E-state index in [-0.39, 0.29) is 16.8 Å². The third-order valence-corrected chi connectivity index (χ3v) is 5.56. The van der Waals surface area contributed by atoms with Gasteiger partial charge >= 0.3 is 0 Å². The molecule has 28 heavy (non-hydrogen) atoms. The smallest absolute Gasteiger partial charge is 0.252 e. The SMILES string of the molecule is Cc1ccc(S(N)(=O)=O)cc1C(=O)NC(C)c1ccc(-c2ccccc2)cc1. The van der Waals surface area contributed by atoms with Crippen LogP contribution in [0.15, 0.2) is 77.7 Å². The monoisotopic (exact) mass is 394 g/mol. The molecular weight excluding hydrogens is 372 g/mol. The van der Waals surface area contributed by atoms with Gasteiger partial charge in [0, 0.05) is 5.56 Å². The van der Waals surface area contributed by atoms with Gasteiger partial charge in [0.2, 0.25) is 10.0 Å². The van der Waals surface area contributed by atoms with Crippen molar-refractivity contribution in [3.63, 3.8) is 0 Å². The number of hydrogen-bond acceptors (Lipinski definition) is 3. The van der Waals surface area contributed by atoms with Gasteiger partial charge in [0.1, 0.15) is 0 Å². The lowest BCUT2D eigenvalue weighted by atomic mass is 10.0. The summed E-state index contributed by atoms with van der Waals surface area (Å²) in [6, 6.07) is 22.1. The molecule has 0 aliphatic carbocycles. The van der Waals surface area contributed by atoms with E-state index in [0.717, 1.165) is 16.7 Å². The van der Waals surface area contributed by atoms with Gasteiger partial charge in [0.05, 0.1) is 10.9 Å². The Kier molecular flexibility index (Phi) is 5.63. The first-order valence-electron chi connectivity index (χ1n) is 8.85. The molecule has 0 saturated carbocycles. The summed E-state index contributed by atoms with van der Waals surface area (Å²) in [7, 11) is -3.87. The summed E-state index contributed by atoms with van der Waals surface area (Å²) in [4.78, 5) is 12.6. The van der Waals surface area contributed by atoms with Crippen molar-refractivity contribution in [2.45, 2.75) is 24.8 Å². The highest BCUT2D eigenvalue weighted by molar-refractivity contribution is 7.89. The second-order valence-electron chi connectivity index (χ2n) is 6.70. The summed E-state index contributed by atoms with van der Waals surface area (Å²) >= 11 is 0. The van der Waals surface area contributed by atoms with Crippen LogP contribution in [0.1, 0.15) is 34.5 Å². The van der Waals surface area contributed by atoms with Crippen LogP contribution in [0.5, 0.6) is 0 Å². The molecular formula is C22H22N2O3S. The zero-order chi connectivity index (χ0) is 20.3. The molecule has 0 saturated heterocycles. The number of nitrogens with one attached hydrogen (secondary N) is 1. The van der Waals surface area contributed by atoms with Crippen LogP contribution in [0.3, 0.4) is 0 Å². The second kappa shape index (κ2) is 7.96. The summed E-state index contributed by atoms with van der Waals surface area (Å²) in [5.41, 5.74) is 4.14. The van der Waals surface area contributed by atoms with Crippen LogP contribution < -0.4 is 10.5 Å². The minimum atomic E-state index is -3.87. The first-order valence-corrected chi connectivity index (χ1v) is 10.4. The van der Waals surface area contributed by atoms with E-state index in [1.807, 2.05) is 61.5 Å². The first-order chi connectivity index (χ1) is 13.3. The van der Waals surface area contributed by atoms with Gasteiger partial charge < -0.3 is 5.32 Å². The number of benzene rings is 3. The highest BCUT2D eigenvalue weighted by atomic mass is 32.2. The molecule has 0 radical (unpaired) electrons. The molecule has 0 fully saturated rings. The van der Waals surface area contributed by atoms with Gasteiger partial charge in [-0.3, -0.25) is 4.79 Å². The van der Waals surface area contributed by atoms with E-state index in [4.69, 9.17) is 5.14 Å². The van der Waals surface area contributed by atoms with Crippen LogP contribution in [0, 0.1) is 6.92 Å². The van der Waals surface area contributed by atoms with Gasteiger partial charge in [-0.05, 0) is 48.2 Å². The lowest BCUT2D eigenvalue weighted by Crippen LogP contribution is -2.27. The third-order valence-electron chi connectivity index (χ3n) is 4.65. The van der Waals surface area contributed by atoms with Crippen LogP contribution in [0.4, 0.5) is 0 Å². The Morgan fingerprint density at radius 1 is 0.929 bits per heavy atom. The normalized spacial score (nSPS) is 12.4. The minimum Gasteiger partial charge on any atom is -0.346 e. The Hall–Kier alpha value is -2.96. The van der Waals surface area contributed by atoms with E-state index >= 15 is 0 Å². The molecule has 1 amide bonds. The zero-order valence-electron chi connectivity index (χ0n) is 15.7. The summed E-state index contributed by atoms with van der Waals surface area (Å²) in [5.74, 6) is -0.345. The lowest BCUT2D eigenvalue weighted by Gasteiger charge is -2.16. The van der Waals surface area contributed by atoms with Crippen molar-refractivity contribution >= 4 is 15.9 Å². The Morgan fingerprint density at radius 2 is 1.54 bits per heavy atom. The van der Waals surface area contributed by atoms with E-state index < -0.39 is 10.0 Å². The van der Waals surface area contributed by atoms with Crippen molar-refractivity contribution in [3.8, 4) is 11.1 Å². The van der Waals surface area contributed by atoms with Crippen LogP contribution in [0.2, 0.25) is 0 Å². The van der Waals surface area contributed by atoms with Gasteiger partial charge in [-0.1, -0.05) is 60.7 Å². The van der Waals surface area contributed by atoms with Gasteiger partial charge in [-0.2, -0.15) is 0 Å². The number of aryl methyl sites for hydroxylation is 1. The standard InChI is InChI=1S/C22H22N2O3S/c1-15-8-13-20(28(23,26)27)14-21(15)22(25)24-16(2)17-9-11-19(12-10-17)18-6-4-3-5-7-18/h3-14,16H,1-2H3,(H,24,25)(H2,23,26,27). The predicted molar refractivity (Wildman–Crippen MR) is 110 cm³/mol. The number of carbonyl (C=O) groups excluding carboxylic acids is 1. The van der Waals surface area contributed by atoms with Crippen LogP contribution in [-0.2, 0) is 10.0 Å². The molecule has 0 aliphatic rings.